The van der Waals surface area contributed by atoms with Crippen LogP contribution in [-0.4, -0.2) is 37.2 Å². The minimum Gasteiger partial charge on any atom is -0.378 e. The zero-order chi connectivity index (χ0) is 18.0. The summed E-state index contributed by atoms with van der Waals surface area (Å²) < 4.78 is 18.5. The molecule has 0 atom stereocenters. The first-order chi connectivity index (χ1) is 12.7. The lowest BCUT2D eigenvalue weighted by molar-refractivity contribution is -0.123. The Hall–Kier alpha value is -2.47. The van der Waals surface area contributed by atoms with E-state index in [-0.39, 0.29) is 11.7 Å². The molecule has 1 saturated carbocycles. The van der Waals surface area contributed by atoms with Gasteiger partial charge in [0.25, 0.3) is 0 Å². The van der Waals surface area contributed by atoms with Crippen LogP contribution in [0.25, 0.3) is 0 Å². The van der Waals surface area contributed by atoms with E-state index in [2.05, 4.69) is 15.2 Å². The third-order valence-electron chi connectivity index (χ3n) is 5.18. The fourth-order valence-corrected chi connectivity index (χ4v) is 3.43. The Morgan fingerprint density at radius 3 is 2.62 bits per heavy atom. The first-order valence-corrected chi connectivity index (χ1v) is 8.99. The Morgan fingerprint density at radius 2 is 1.92 bits per heavy atom. The van der Waals surface area contributed by atoms with Crippen molar-refractivity contribution in [2.75, 3.05) is 31.2 Å². The number of morpholine rings is 1. The molecular weight excluding hydrogens is 333 g/mol. The zero-order valence-electron chi connectivity index (χ0n) is 14.6. The maximum absolute atomic E-state index is 13.1. The van der Waals surface area contributed by atoms with Gasteiger partial charge in [-0.1, -0.05) is 12.1 Å². The van der Waals surface area contributed by atoms with Crippen molar-refractivity contribution in [3.63, 3.8) is 0 Å². The molecule has 2 aliphatic rings. The first kappa shape index (κ1) is 17.0. The Bertz CT molecular complexity index is 784. The van der Waals surface area contributed by atoms with Crippen molar-refractivity contribution in [2.45, 2.75) is 24.8 Å². The molecule has 1 aromatic heterocycles. The van der Waals surface area contributed by atoms with Gasteiger partial charge in [0.2, 0.25) is 5.91 Å². The minimum absolute atomic E-state index is 0.00819. The number of carbonyl (C=O) groups excluding carboxylic acids is 1. The Balaban J connectivity index is 1.41. The molecule has 5 nitrogen and oxygen atoms in total. The number of benzene rings is 1. The summed E-state index contributed by atoms with van der Waals surface area (Å²) in [4.78, 5) is 19.3. The van der Waals surface area contributed by atoms with Gasteiger partial charge in [-0.2, -0.15) is 0 Å². The second-order valence-corrected chi connectivity index (χ2v) is 6.89. The lowest BCUT2D eigenvalue weighted by Gasteiger charge is -2.28. The smallest absolute Gasteiger partial charge is 0.230 e. The van der Waals surface area contributed by atoms with E-state index in [1.165, 1.54) is 12.1 Å². The highest BCUT2D eigenvalue weighted by Crippen LogP contribution is 2.48. The maximum Gasteiger partial charge on any atom is 0.230 e. The zero-order valence-corrected chi connectivity index (χ0v) is 14.6. The summed E-state index contributed by atoms with van der Waals surface area (Å²) >= 11 is 0. The van der Waals surface area contributed by atoms with E-state index in [9.17, 15) is 9.18 Å². The number of amides is 1. The van der Waals surface area contributed by atoms with Crippen LogP contribution in [0.1, 0.15) is 24.0 Å². The van der Waals surface area contributed by atoms with Gasteiger partial charge in [0.15, 0.2) is 0 Å². The number of rotatable bonds is 5. The highest BCUT2D eigenvalue weighted by atomic mass is 19.1. The quantitative estimate of drug-likeness (QED) is 0.895. The van der Waals surface area contributed by atoms with Crippen molar-refractivity contribution in [3.8, 4) is 0 Å². The Labute approximate surface area is 152 Å². The van der Waals surface area contributed by atoms with Crippen LogP contribution in [0.2, 0.25) is 0 Å². The van der Waals surface area contributed by atoms with Gasteiger partial charge in [-0.05, 0) is 48.2 Å². The van der Waals surface area contributed by atoms with Gasteiger partial charge in [0, 0.05) is 25.8 Å². The molecule has 0 spiro atoms. The third kappa shape index (κ3) is 3.42. The predicted octanol–water partition coefficient (Wildman–Crippen LogP) is 2.41. The normalized spacial score (nSPS) is 18.4. The van der Waals surface area contributed by atoms with Crippen LogP contribution in [0.3, 0.4) is 0 Å². The van der Waals surface area contributed by atoms with Gasteiger partial charge in [-0.15, -0.1) is 0 Å². The molecule has 1 N–H and O–H groups in total. The van der Waals surface area contributed by atoms with Crippen LogP contribution in [0.4, 0.5) is 10.2 Å². The van der Waals surface area contributed by atoms with Crippen LogP contribution in [0.15, 0.2) is 42.6 Å². The van der Waals surface area contributed by atoms with Gasteiger partial charge in [-0.3, -0.25) is 4.79 Å². The van der Waals surface area contributed by atoms with Crippen molar-refractivity contribution < 1.29 is 13.9 Å². The number of pyridine rings is 1. The number of carbonyl (C=O) groups is 1. The van der Waals surface area contributed by atoms with Crippen molar-refractivity contribution in [1.82, 2.24) is 10.3 Å². The molecule has 1 aromatic carbocycles. The number of nitrogens with one attached hydrogen (secondary N) is 1. The fourth-order valence-electron chi connectivity index (χ4n) is 3.43. The molecule has 1 saturated heterocycles. The average molecular weight is 355 g/mol. The molecule has 1 aliphatic heterocycles. The molecule has 1 aliphatic carbocycles. The van der Waals surface area contributed by atoms with Crippen molar-refractivity contribution >= 4 is 11.7 Å². The number of nitrogens with zero attached hydrogens (tertiary/aromatic N) is 2. The number of aromatic nitrogens is 1. The molecule has 0 unspecified atom stereocenters. The van der Waals surface area contributed by atoms with Crippen molar-refractivity contribution in [2.24, 2.45) is 0 Å². The van der Waals surface area contributed by atoms with E-state index >= 15 is 0 Å². The summed E-state index contributed by atoms with van der Waals surface area (Å²) in [7, 11) is 0. The Kier molecular flexibility index (Phi) is 4.59. The molecule has 2 fully saturated rings. The van der Waals surface area contributed by atoms with Crippen LogP contribution >= 0.6 is 0 Å². The lowest BCUT2D eigenvalue weighted by atomic mass is 9.95. The number of hydrogen-bond acceptors (Lipinski definition) is 4. The summed E-state index contributed by atoms with van der Waals surface area (Å²) in [5.74, 6) is 0.644. The number of hydrogen-bond donors (Lipinski definition) is 1. The average Bonchev–Trinajstić information content (AvgIpc) is 3.50. The molecule has 4 rings (SSSR count). The predicted molar refractivity (Wildman–Crippen MR) is 96.4 cm³/mol. The number of anilines is 1. The molecule has 0 bridgehead atoms. The first-order valence-electron chi connectivity index (χ1n) is 8.99. The highest BCUT2D eigenvalue weighted by Gasteiger charge is 2.51. The van der Waals surface area contributed by atoms with Crippen LogP contribution in [-0.2, 0) is 21.5 Å². The van der Waals surface area contributed by atoms with E-state index in [0.29, 0.717) is 19.8 Å². The monoisotopic (exact) mass is 355 g/mol. The van der Waals surface area contributed by atoms with E-state index in [1.54, 1.807) is 18.3 Å². The number of halogens is 1. The second-order valence-electron chi connectivity index (χ2n) is 6.89. The highest BCUT2D eigenvalue weighted by molar-refractivity contribution is 5.91. The molecule has 26 heavy (non-hydrogen) atoms. The van der Waals surface area contributed by atoms with Gasteiger partial charge in [-0.25, -0.2) is 9.37 Å². The van der Waals surface area contributed by atoms with Gasteiger partial charge in [0.1, 0.15) is 11.6 Å². The topological polar surface area (TPSA) is 54.5 Å². The largest absolute Gasteiger partial charge is 0.378 e. The molecule has 136 valence electrons. The van der Waals surface area contributed by atoms with Gasteiger partial charge in [0.05, 0.1) is 18.6 Å². The van der Waals surface area contributed by atoms with Crippen molar-refractivity contribution in [1.29, 1.82) is 0 Å². The Morgan fingerprint density at radius 1 is 1.19 bits per heavy atom. The second kappa shape index (κ2) is 7.03. The minimum atomic E-state index is -0.492. The van der Waals surface area contributed by atoms with Crippen LogP contribution in [0.5, 0.6) is 0 Å². The van der Waals surface area contributed by atoms with Crippen LogP contribution in [0, 0.1) is 5.82 Å². The fraction of sp³-hybridized carbons (Fsp3) is 0.400. The molecule has 0 radical (unpaired) electrons. The number of ether oxygens (including phenoxy) is 1. The van der Waals surface area contributed by atoms with E-state index in [0.717, 1.165) is 42.9 Å². The maximum atomic E-state index is 13.1. The summed E-state index contributed by atoms with van der Waals surface area (Å²) in [6.45, 7) is 3.54. The third-order valence-corrected chi connectivity index (χ3v) is 5.18. The molecular formula is C20H22FN3O2. The molecule has 2 heterocycles. The van der Waals surface area contributed by atoms with E-state index in [1.807, 2.05) is 12.1 Å². The van der Waals surface area contributed by atoms with Gasteiger partial charge < -0.3 is 15.0 Å². The summed E-state index contributed by atoms with van der Waals surface area (Å²) in [5.41, 5.74) is 1.42. The van der Waals surface area contributed by atoms with Gasteiger partial charge >= 0.3 is 0 Å². The summed E-state index contributed by atoms with van der Waals surface area (Å²) in [5, 5.41) is 3.04. The van der Waals surface area contributed by atoms with E-state index in [4.69, 9.17) is 4.74 Å². The molecule has 1 amide bonds. The molecule has 2 aromatic rings. The van der Waals surface area contributed by atoms with E-state index < -0.39 is 5.41 Å². The SMILES string of the molecule is O=C(NCc1ccnc(N2CCOCC2)c1)C1(c2ccc(F)cc2)CC1. The lowest BCUT2D eigenvalue weighted by Crippen LogP contribution is -2.37. The van der Waals surface area contributed by atoms with Crippen LogP contribution < -0.4 is 10.2 Å². The molecule has 6 heteroatoms. The summed E-state index contributed by atoms with van der Waals surface area (Å²) in [6.07, 6.45) is 3.39. The standard InChI is InChI=1S/C20H22FN3O2/c21-17-3-1-16(2-4-17)20(6-7-20)19(25)23-14-15-5-8-22-18(13-15)24-9-11-26-12-10-24/h1-5,8,13H,6-7,9-12,14H2,(H,23,25). The summed E-state index contributed by atoms with van der Waals surface area (Å²) in [6, 6.07) is 10.2. The van der Waals surface area contributed by atoms with Crippen molar-refractivity contribution in [3.05, 3.63) is 59.5 Å².